The van der Waals surface area contributed by atoms with E-state index in [1.807, 2.05) is 36.4 Å². The van der Waals surface area contributed by atoms with Gasteiger partial charge in [-0.1, -0.05) is 48.5 Å². The van der Waals surface area contributed by atoms with E-state index >= 15 is 0 Å². The number of carbonyl (C=O) groups excluding carboxylic acids is 3. The minimum Gasteiger partial charge on any atom is -0.342 e. The zero-order chi connectivity index (χ0) is 17.6. The minimum atomic E-state index is -1.11. The number of rotatable bonds is 6. The van der Waals surface area contributed by atoms with E-state index < -0.39 is 29.7 Å². The third-order valence-corrected chi connectivity index (χ3v) is 3.77. The van der Waals surface area contributed by atoms with Crippen molar-refractivity contribution < 1.29 is 19.2 Å². The van der Waals surface area contributed by atoms with Crippen molar-refractivity contribution in [3.8, 4) is 0 Å². The molecule has 2 aromatic carbocycles. The predicted molar refractivity (Wildman–Crippen MR) is 89.9 cm³/mol. The molecule has 0 spiro atoms. The Labute approximate surface area is 144 Å². The monoisotopic (exact) mass is 339 g/mol. The fourth-order valence-corrected chi connectivity index (χ4v) is 2.44. The van der Waals surface area contributed by atoms with E-state index in [2.05, 4.69) is 16.1 Å². The van der Waals surface area contributed by atoms with Crippen LogP contribution in [0.3, 0.4) is 0 Å². The summed E-state index contributed by atoms with van der Waals surface area (Å²) in [6, 6.07) is 17.1. The van der Waals surface area contributed by atoms with Crippen LogP contribution in [0.1, 0.15) is 5.56 Å². The Bertz CT molecular complexity index is 764. The molecule has 1 aliphatic rings. The van der Waals surface area contributed by atoms with Crippen molar-refractivity contribution in [2.45, 2.75) is 12.6 Å². The zero-order valence-electron chi connectivity index (χ0n) is 13.3. The second-order valence-corrected chi connectivity index (χ2v) is 5.56. The van der Waals surface area contributed by atoms with Gasteiger partial charge in [0.1, 0.15) is 12.0 Å². The number of para-hydroxylation sites is 1. The third kappa shape index (κ3) is 4.02. The fourth-order valence-electron chi connectivity index (χ4n) is 2.44. The largest absolute Gasteiger partial charge is 0.342 e. The zero-order valence-corrected chi connectivity index (χ0v) is 13.3. The number of benzene rings is 2. The van der Waals surface area contributed by atoms with E-state index in [1.165, 1.54) is 0 Å². The minimum absolute atomic E-state index is 0.168. The van der Waals surface area contributed by atoms with Gasteiger partial charge in [0.2, 0.25) is 11.8 Å². The van der Waals surface area contributed by atoms with Crippen molar-refractivity contribution in [2.24, 2.45) is 5.92 Å². The molecule has 7 nitrogen and oxygen atoms in total. The smallest absolute Gasteiger partial charge is 0.258 e. The number of hydrogen-bond acceptors (Lipinski definition) is 4. The van der Waals surface area contributed by atoms with E-state index in [1.54, 1.807) is 24.3 Å². The molecule has 25 heavy (non-hydrogen) atoms. The summed E-state index contributed by atoms with van der Waals surface area (Å²) in [5.41, 5.74) is 3.70. The quantitative estimate of drug-likeness (QED) is 0.415. The molecule has 1 heterocycles. The van der Waals surface area contributed by atoms with Crippen molar-refractivity contribution >= 4 is 23.4 Å². The molecule has 2 unspecified atom stereocenters. The molecule has 3 rings (SSSR count). The maximum atomic E-state index is 12.2. The first-order valence-corrected chi connectivity index (χ1v) is 7.77. The summed E-state index contributed by atoms with van der Waals surface area (Å²) in [6.07, 6.45) is 0. The second-order valence-electron chi connectivity index (χ2n) is 5.56. The van der Waals surface area contributed by atoms with E-state index in [4.69, 9.17) is 4.84 Å². The number of hydroxylamine groups is 1. The van der Waals surface area contributed by atoms with Gasteiger partial charge in [-0.25, -0.2) is 5.48 Å². The van der Waals surface area contributed by atoms with Crippen LogP contribution in [-0.4, -0.2) is 23.8 Å². The lowest BCUT2D eigenvalue weighted by molar-refractivity contribution is -0.155. The molecule has 2 aromatic rings. The van der Waals surface area contributed by atoms with E-state index in [-0.39, 0.29) is 6.61 Å². The van der Waals surface area contributed by atoms with Gasteiger partial charge in [0.15, 0.2) is 0 Å². The average Bonchev–Trinajstić information content (AvgIpc) is 2.61. The lowest BCUT2D eigenvalue weighted by Gasteiger charge is -2.34. The SMILES string of the molecule is O=C(Nc1ccccc1)C1NC(=O)C1C(=O)NOCc1ccccc1. The maximum absolute atomic E-state index is 12.2. The molecule has 7 heteroatoms. The van der Waals surface area contributed by atoms with Crippen LogP contribution in [0.4, 0.5) is 5.69 Å². The Morgan fingerprint density at radius 1 is 0.960 bits per heavy atom. The van der Waals surface area contributed by atoms with Gasteiger partial charge in [-0.3, -0.25) is 19.2 Å². The highest BCUT2D eigenvalue weighted by Crippen LogP contribution is 2.18. The Balaban J connectivity index is 1.52. The Morgan fingerprint density at radius 2 is 1.60 bits per heavy atom. The van der Waals surface area contributed by atoms with Crippen LogP contribution in [0.25, 0.3) is 0 Å². The van der Waals surface area contributed by atoms with E-state index in [0.717, 1.165) is 5.56 Å². The van der Waals surface area contributed by atoms with Gasteiger partial charge >= 0.3 is 0 Å². The summed E-state index contributed by atoms with van der Waals surface area (Å²) < 4.78 is 0. The molecule has 3 amide bonds. The molecule has 3 N–H and O–H groups in total. The first-order chi connectivity index (χ1) is 12.1. The van der Waals surface area contributed by atoms with Crippen molar-refractivity contribution in [1.29, 1.82) is 0 Å². The summed E-state index contributed by atoms with van der Waals surface area (Å²) >= 11 is 0. The average molecular weight is 339 g/mol. The molecule has 0 bridgehead atoms. The number of anilines is 1. The summed E-state index contributed by atoms with van der Waals surface area (Å²) in [5.74, 6) is -2.71. The highest BCUT2D eigenvalue weighted by atomic mass is 16.6. The van der Waals surface area contributed by atoms with Crippen LogP contribution in [0.15, 0.2) is 60.7 Å². The van der Waals surface area contributed by atoms with Crippen molar-refractivity contribution in [1.82, 2.24) is 10.8 Å². The molecule has 128 valence electrons. The van der Waals surface area contributed by atoms with Gasteiger partial charge in [0, 0.05) is 5.69 Å². The van der Waals surface area contributed by atoms with Crippen LogP contribution in [-0.2, 0) is 25.8 Å². The Morgan fingerprint density at radius 3 is 2.24 bits per heavy atom. The lowest BCUT2D eigenvalue weighted by Crippen LogP contribution is -2.67. The molecule has 1 saturated heterocycles. The molecule has 2 atom stereocenters. The molecule has 0 saturated carbocycles. The lowest BCUT2D eigenvalue weighted by atomic mass is 9.89. The number of hydrogen-bond donors (Lipinski definition) is 3. The maximum Gasteiger partial charge on any atom is 0.258 e. The van der Waals surface area contributed by atoms with Gasteiger partial charge < -0.3 is 10.6 Å². The van der Waals surface area contributed by atoms with E-state index in [9.17, 15) is 14.4 Å². The first-order valence-electron chi connectivity index (χ1n) is 7.77. The fraction of sp³-hybridized carbons (Fsp3) is 0.167. The molecule has 1 fully saturated rings. The van der Waals surface area contributed by atoms with Crippen molar-refractivity contribution in [2.75, 3.05) is 5.32 Å². The number of nitrogens with one attached hydrogen (secondary N) is 3. The van der Waals surface area contributed by atoms with Crippen molar-refractivity contribution in [3.05, 3.63) is 66.2 Å². The van der Waals surface area contributed by atoms with Gasteiger partial charge in [-0.15, -0.1) is 0 Å². The topological polar surface area (TPSA) is 96.5 Å². The number of amides is 3. The predicted octanol–water partition coefficient (Wildman–Crippen LogP) is 0.988. The van der Waals surface area contributed by atoms with Crippen molar-refractivity contribution in [3.63, 3.8) is 0 Å². The molecular formula is C18H17N3O4. The van der Waals surface area contributed by atoms with E-state index in [0.29, 0.717) is 5.69 Å². The summed E-state index contributed by atoms with van der Waals surface area (Å²) in [6.45, 7) is 0.168. The molecule has 1 aliphatic heterocycles. The second kappa shape index (κ2) is 7.59. The Kier molecular flexibility index (Phi) is 5.06. The van der Waals surface area contributed by atoms with Crippen LogP contribution >= 0.6 is 0 Å². The highest BCUT2D eigenvalue weighted by molar-refractivity contribution is 6.14. The summed E-state index contributed by atoms with van der Waals surface area (Å²) in [7, 11) is 0. The van der Waals surface area contributed by atoms with Gasteiger partial charge in [-0.05, 0) is 17.7 Å². The Hall–Kier alpha value is -3.19. The summed E-state index contributed by atoms with van der Waals surface area (Å²) in [5, 5.41) is 5.09. The molecular weight excluding hydrogens is 322 g/mol. The molecule has 0 aromatic heterocycles. The van der Waals surface area contributed by atoms with Gasteiger partial charge in [0.25, 0.3) is 5.91 Å². The highest BCUT2D eigenvalue weighted by Gasteiger charge is 2.49. The van der Waals surface area contributed by atoms with Gasteiger partial charge in [-0.2, -0.15) is 0 Å². The van der Waals surface area contributed by atoms with Crippen LogP contribution in [0.2, 0.25) is 0 Å². The summed E-state index contributed by atoms with van der Waals surface area (Å²) in [4.78, 5) is 41.1. The molecule has 0 radical (unpaired) electrons. The number of β-lactam (4-membered cyclic amide) rings is 1. The van der Waals surface area contributed by atoms with Crippen LogP contribution < -0.4 is 16.1 Å². The van der Waals surface area contributed by atoms with Gasteiger partial charge in [0.05, 0.1) is 6.61 Å². The molecule has 0 aliphatic carbocycles. The normalized spacial score (nSPS) is 18.6. The third-order valence-electron chi connectivity index (χ3n) is 3.77. The van der Waals surface area contributed by atoms with Crippen LogP contribution in [0.5, 0.6) is 0 Å². The van der Waals surface area contributed by atoms with Crippen LogP contribution in [0, 0.1) is 5.92 Å². The standard InChI is InChI=1S/C18H17N3O4/c22-16-14(17(23)21-25-11-12-7-3-1-4-8-12)15(20-16)18(24)19-13-9-5-2-6-10-13/h1-10,14-15H,11H2,(H,19,24)(H,20,22)(H,21,23). The number of carbonyl (C=O) groups is 3. The first kappa shape index (κ1) is 16.7.